The second-order valence-corrected chi connectivity index (χ2v) is 2.05. The first kappa shape index (κ1) is 7.53. The van der Waals surface area contributed by atoms with Gasteiger partial charge in [0, 0.05) is 6.08 Å². The van der Waals surface area contributed by atoms with Crippen LogP contribution in [0.15, 0.2) is 23.5 Å². The molecule has 0 aliphatic carbocycles. The number of allylic oxidation sites excluding steroid dienone is 1. The van der Waals surface area contributed by atoms with E-state index in [1.807, 2.05) is 0 Å². The lowest BCUT2D eigenvalue weighted by atomic mass is 10.2. The maximum absolute atomic E-state index is 10.4. The lowest BCUT2D eigenvalue weighted by molar-refractivity contribution is -0.133. The Bertz CT molecular complexity index is 272. The number of carboxylic acid groups (broad SMARTS) is 1. The van der Waals surface area contributed by atoms with Gasteiger partial charge in [-0.2, -0.15) is 0 Å². The summed E-state index contributed by atoms with van der Waals surface area (Å²) in [4.78, 5) is 20.8. The molecular formula is C7H6O4. The fraction of sp³-hybridized carbons (Fsp3) is 0.143. The molecule has 0 unspecified atom stereocenters. The van der Waals surface area contributed by atoms with Crippen molar-refractivity contribution in [1.29, 1.82) is 0 Å². The quantitative estimate of drug-likeness (QED) is 0.440. The van der Waals surface area contributed by atoms with Crippen LogP contribution in [0.1, 0.15) is 6.92 Å². The molecule has 0 aromatic carbocycles. The number of carboxylic acids is 1. The summed E-state index contributed by atoms with van der Waals surface area (Å²) in [6, 6.07) is 0. The Morgan fingerprint density at radius 1 is 1.55 bits per heavy atom. The number of ether oxygens (including phenoxy) is 1. The summed E-state index contributed by atoms with van der Waals surface area (Å²) in [5.74, 6) is -1.50. The predicted molar refractivity (Wildman–Crippen MR) is 35.6 cm³/mol. The van der Waals surface area contributed by atoms with Gasteiger partial charge in [-0.25, -0.2) is 9.59 Å². The summed E-state index contributed by atoms with van der Waals surface area (Å²) in [5, 5.41) is 8.45. The summed E-state index contributed by atoms with van der Waals surface area (Å²) >= 11 is 0. The van der Waals surface area contributed by atoms with Gasteiger partial charge in [0.2, 0.25) is 0 Å². The second kappa shape index (κ2) is 2.57. The van der Waals surface area contributed by atoms with Crippen LogP contribution >= 0.6 is 0 Å². The van der Waals surface area contributed by atoms with E-state index < -0.39 is 11.9 Å². The first-order chi connectivity index (χ1) is 5.11. The smallest absolute Gasteiger partial charge is 0.336 e. The van der Waals surface area contributed by atoms with E-state index in [9.17, 15) is 9.59 Å². The number of hydrogen-bond acceptors (Lipinski definition) is 3. The largest absolute Gasteiger partial charge is 0.478 e. The van der Waals surface area contributed by atoms with Crippen molar-refractivity contribution in [2.24, 2.45) is 0 Å². The third kappa shape index (κ3) is 1.46. The van der Waals surface area contributed by atoms with Crippen molar-refractivity contribution < 1.29 is 19.4 Å². The molecule has 1 rings (SSSR count). The standard InChI is InChI=1S/C7H6O4/c1-4(7(9)10)5-2-3-6(8)11-5/h2-3H,1H3,(H,9,10)/b5-4-. The van der Waals surface area contributed by atoms with Crippen molar-refractivity contribution in [3.05, 3.63) is 23.5 Å². The third-order valence-corrected chi connectivity index (χ3v) is 1.27. The maximum atomic E-state index is 10.4. The minimum absolute atomic E-state index is 0.0344. The minimum atomic E-state index is -1.08. The Labute approximate surface area is 62.8 Å². The van der Waals surface area contributed by atoms with Gasteiger partial charge in [-0.3, -0.25) is 0 Å². The van der Waals surface area contributed by atoms with Crippen LogP contribution in [0.4, 0.5) is 0 Å². The van der Waals surface area contributed by atoms with Crippen molar-refractivity contribution in [2.45, 2.75) is 6.92 Å². The monoisotopic (exact) mass is 154 g/mol. The molecule has 0 saturated heterocycles. The number of esters is 1. The molecule has 0 saturated carbocycles. The van der Waals surface area contributed by atoms with Crippen molar-refractivity contribution >= 4 is 11.9 Å². The summed E-state index contributed by atoms with van der Waals surface area (Å²) in [7, 11) is 0. The highest BCUT2D eigenvalue weighted by Gasteiger charge is 2.15. The third-order valence-electron chi connectivity index (χ3n) is 1.27. The van der Waals surface area contributed by atoms with Gasteiger partial charge in [0.15, 0.2) is 0 Å². The average molecular weight is 154 g/mol. The van der Waals surface area contributed by atoms with E-state index in [1.165, 1.54) is 19.1 Å². The van der Waals surface area contributed by atoms with E-state index in [2.05, 4.69) is 4.74 Å². The molecule has 1 aliphatic rings. The second-order valence-electron chi connectivity index (χ2n) is 2.05. The Morgan fingerprint density at radius 3 is 2.55 bits per heavy atom. The van der Waals surface area contributed by atoms with Gasteiger partial charge in [-0.1, -0.05) is 0 Å². The summed E-state index contributed by atoms with van der Waals surface area (Å²) in [5.41, 5.74) is 0.0344. The molecule has 0 fully saturated rings. The minimum Gasteiger partial charge on any atom is -0.478 e. The molecule has 4 heteroatoms. The normalized spacial score (nSPS) is 19.9. The molecule has 4 nitrogen and oxygen atoms in total. The zero-order chi connectivity index (χ0) is 8.43. The average Bonchev–Trinajstić information content (AvgIpc) is 2.34. The van der Waals surface area contributed by atoms with Gasteiger partial charge in [-0.05, 0) is 13.0 Å². The van der Waals surface area contributed by atoms with Crippen LogP contribution in [0.3, 0.4) is 0 Å². The molecule has 0 atom stereocenters. The Hall–Kier alpha value is -1.58. The SMILES string of the molecule is C/C(C(=O)O)=C1\C=CC(=O)O1. The zero-order valence-electron chi connectivity index (χ0n) is 5.83. The van der Waals surface area contributed by atoms with Crippen molar-refractivity contribution in [2.75, 3.05) is 0 Å². The van der Waals surface area contributed by atoms with Crippen LogP contribution < -0.4 is 0 Å². The van der Waals surface area contributed by atoms with Crippen LogP contribution in [0, 0.1) is 0 Å². The van der Waals surface area contributed by atoms with E-state index in [1.54, 1.807) is 0 Å². The summed E-state index contributed by atoms with van der Waals surface area (Å²) in [6.45, 7) is 1.38. The molecule has 0 bridgehead atoms. The lowest BCUT2D eigenvalue weighted by Crippen LogP contribution is -2.01. The van der Waals surface area contributed by atoms with Crippen molar-refractivity contribution in [1.82, 2.24) is 0 Å². The van der Waals surface area contributed by atoms with Gasteiger partial charge >= 0.3 is 11.9 Å². The summed E-state index contributed by atoms with van der Waals surface area (Å²) < 4.78 is 4.53. The van der Waals surface area contributed by atoms with Crippen LogP contribution in [0.25, 0.3) is 0 Å². The van der Waals surface area contributed by atoms with Crippen LogP contribution in [0.5, 0.6) is 0 Å². The molecule has 0 radical (unpaired) electrons. The molecule has 1 N–H and O–H groups in total. The summed E-state index contributed by atoms with van der Waals surface area (Å²) in [6.07, 6.45) is 2.52. The number of carbonyl (C=O) groups excluding carboxylic acids is 1. The molecule has 0 aromatic heterocycles. The van der Waals surface area contributed by atoms with Crippen LogP contribution in [-0.2, 0) is 14.3 Å². The number of hydrogen-bond donors (Lipinski definition) is 1. The molecule has 0 amide bonds. The maximum Gasteiger partial charge on any atom is 0.336 e. The highest BCUT2D eigenvalue weighted by molar-refractivity contribution is 5.92. The first-order valence-electron chi connectivity index (χ1n) is 2.95. The van der Waals surface area contributed by atoms with Crippen LogP contribution in [-0.4, -0.2) is 17.0 Å². The van der Waals surface area contributed by atoms with Gasteiger partial charge in [-0.15, -0.1) is 0 Å². The molecule has 0 spiro atoms. The molecule has 0 aromatic rings. The van der Waals surface area contributed by atoms with E-state index in [0.717, 1.165) is 0 Å². The number of cyclic esters (lactones) is 1. The van der Waals surface area contributed by atoms with Crippen LogP contribution in [0.2, 0.25) is 0 Å². The van der Waals surface area contributed by atoms with Gasteiger partial charge in [0.1, 0.15) is 5.76 Å². The molecule has 11 heavy (non-hydrogen) atoms. The van der Waals surface area contributed by atoms with Gasteiger partial charge in [0.25, 0.3) is 0 Å². The molecule has 1 aliphatic heterocycles. The zero-order valence-corrected chi connectivity index (χ0v) is 5.83. The molecule has 1 heterocycles. The Balaban J connectivity index is 2.92. The highest BCUT2D eigenvalue weighted by Crippen LogP contribution is 2.13. The Kier molecular flexibility index (Phi) is 1.76. The lowest BCUT2D eigenvalue weighted by Gasteiger charge is -1.97. The van der Waals surface area contributed by atoms with Crippen molar-refractivity contribution in [3.8, 4) is 0 Å². The van der Waals surface area contributed by atoms with E-state index in [0.29, 0.717) is 0 Å². The number of aliphatic carboxylic acids is 1. The Morgan fingerprint density at radius 2 is 2.18 bits per heavy atom. The number of carbonyl (C=O) groups is 2. The fourth-order valence-electron chi connectivity index (χ4n) is 0.627. The predicted octanol–water partition coefficient (Wildman–Crippen LogP) is 0.458. The van der Waals surface area contributed by atoms with E-state index in [4.69, 9.17) is 5.11 Å². The fourth-order valence-corrected chi connectivity index (χ4v) is 0.627. The molecular weight excluding hydrogens is 148 g/mol. The number of rotatable bonds is 1. The first-order valence-corrected chi connectivity index (χ1v) is 2.95. The van der Waals surface area contributed by atoms with E-state index in [-0.39, 0.29) is 11.3 Å². The topological polar surface area (TPSA) is 63.6 Å². The molecule has 58 valence electrons. The van der Waals surface area contributed by atoms with Gasteiger partial charge < -0.3 is 9.84 Å². The van der Waals surface area contributed by atoms with Gasteiger partial charge in [0.05, 0.1) is 5.57 Å². The van der Waals surface area contributed by atoms with Crippen molar-refractivity contribution in [3.63, 3.8) is 0 Å². The van der Waals surface area contributed by atoms with E-state index >= 15 is 0 Å². The highest BCUT2D eigenvalue weighted by atomic mass is 16.5.